The lowest BCUT2D eigenvalue weighted by molar-refractivity contribution is -0.131. The molecule has 6 atom stereocenters. The number of hydrogen-bond acceptors (Lipinski definition) is 5. The number of likely N-dealkylation sites (tertiary alicyclic amines) is 3. The van der Waals surface area contributed by atoms with Crippen LogP contribution < -0.4 is 5.32 Å². The van der Waals surface area contributed by atoms with Crippen molar-refractivity contribution in [1.29, 1.82) is 0 Å². The maximum absolute atomic E-state index is 13.3. The largest absolute Gasteiger partial charge is 0.371 e. The van der Waals surface area contributed by atoms with Gasteiger partial charge in [0.1, 0.15) is 0 Å². The Hall–Kier alpha value is -2.77. The molecule has 5 heterocycles. The van der Waals surface area contributed by atoms with Crippen molar-refractivity contribution in [3.63, 3.8) is 0 Å². The Kier molecular flexibility index (Phi) is 7.35. The van der Waals surface area contributed by atoms with E-state index in [9.17, 15) is 14.4 Å². The zero-order valence-corrected chi connectivity index (χ0v) is 23.8. The van der Waals surface area contributed by atoms with Crippen LogP contribution in [0.4, 0.5) is 0 Å². The fourth-order valence-corrected chi connectivity index (χ4v) is 7.47. The van der Waals surface area contributed by atoms with Crippen molar-refractivity contribution in [2.24, 2.45) is 11.8 Å². The molecule has 208 valence electrons. The van der Waals surface area contributed by atoms with E-state index in [1.807, 2.05) is 6.08 Å². The number of carbonyl (C=O) groups is 3. The Morgan fingerprint density at radius 1 is 0.974 bits per heavy atom. The van der Waals surface area contributed by atoms with E-state index in [4.69, 9.17) is 0 Å². The molecule has 8 heteroatoms. The van der Waals surface area contributed by atoms with E-state index in [2.05, 4.69) is 66.1 Å². The van der Waals surface area contributed by atoms with Gasteiger partial charge in [0.15, 0.2) is 0 Å². The molecule has 0 radical (unpaired) electrons. The number of nitrogens with zero attached hydrogens (tertiary/aromatic N) is 4. The number of rotatable bonds is 8. The Balaban J connectivity index is 1.23. The first-order valence-corrected chi connectivity index (χ1v) is 14.6. The van der Waals surface area contributed by atoms with Crippen LogP contribution in [-0.2, 0) is 14.4 Å². The molecule has 0 bridgehead atoms. The highest BCUT2D eigenvalue weighted by molar-refractivity contribution is 5.92. The highest BCUT2D eigenvalue weighted by atomic mass is 16.2. The third-order valence-electron chi connectivity index (χ3n) is 9.44. The van der Waals surface area contributed by atoms with Crippen molar-refractivity contribution in [2.75, 3.05) is 26.2 Å². The van der Waals surface area contributed by atoms with Crippen molar-refractivity contribution < 1.29 is 14.4 Å². The third kappa shape index (κ3) is 4.75. The van der Waals surface area contributed by atoms with Crippen molar-refractivity contribution in [3.05, 3.63) is 35.7 Å². The quantitative estimate of drug-likeness (QED) is 0.495. The molecule has 1 unspecified atom stereocenters. The highest BCUT2D eigenvalue weighted by Gasteiger charge is 2.46. The van der Waals surface area contributed by atoms with Gasteiger partial charge in [-0.1, -0.05) is 40.7 Å². The van der Waals surface area contributed by atoms with Gasteiger partial charge in [0.05, 0.1) is 30.2 Å². The second-order valence-corrected chi connectivity index (χ2v) is 12.5. The van der Waals surface area contributed by atoms with Crippen molar-refractivity contribution in [2.45, 2.75) is 96.9 Å². The SMILES string of the molecule is C=C1CC(=O)N([C@H]2CCN(C3=CC(=O)N([C@H]4CCN(C5=CC(=O)N[C@H]5CC(C)C)C4)[C@H]3C)C2)C1[C@@H](C)CC. The van der Waals surface area contributed by atoms with Gasteiger partial charge < -0.3 is 24.9 Å². The molecule has 38 heavy (non-hydrogen) atoms. The van der Waals surface area contributed by atoms with Crippen LogP contribution in [0.25, 0.3) is 0 Å². The molecule has 0 aromatic rings. The van der Waals surface area contributed by atoms with Gasteiger partial charge in [-0.15, -0.1) is 0 Å². The Morgan fingerprint density at radius 3 is 2.24 bits per heavy atom. The van der Waals surface area contributed by atoms with Crippen LogP contribution in [0.2, 0.25) is 0 Å². The summed E-state index contributed by atoms with van der Waals surface area (Å²) in [6, 6.07) is 0.480. The number of carbonyl (C=O) groups excluding carboxylic acids is 3. The molecule has 1 N–H and O–H groups in total. The van der Waals surface area contributed by atoms with Crippen molar-refractivity contribution in [1.82, 2.24) is 24.9 Å². The third-order valence-corrected chi connectivity index (χ3v) is 9.44. The summed E-state index contributed by atoms with van der Waals surface area (Å²) >= 11 is 0. The standard InChI is InChI=1S/C30H45N5O3/c1-7-19(4)30-20(5)13-28(37)35(30)23-9-10-32(17-23)25-15-29(38)34(21(25)6)22-8-11-33(16-22)26-14-27(36)31-24(26)12-18(2)3/h14-15,18-19,21-24,30H,5,7-13,16-17H2,1-4,6H3,(H,31,36)/t19-,21-,22-,23-,24-,30?/m0/s1. The van der Waals surface area contributed by atoms with Gasteiger partial charge in [0.2, 0.25) is 17.7 Å². The lowest BCUT2D eigenvalue weighted by Crippen LogP contribution is -2.47. The summed E-state index contributed by atoms with van der Waals surface area (Å²) in [5, 5.41) is 3.10. The highest BCUT2D eigenvalue weighted by Crippen LogP contribution is 2.37. The Bertz CT molecular complexity index is 1060. The maximum Gasteiger partial charge on any atom is 0.249 e. The van der Waals surface area contributed by atoms with E-state index in [1.165, 1.54) is 0 Å². The normalized spacial score (nSPS) is 32.7. The second kappa shape index (κ2) is 10.4. The molecule has 0 saturated carbocycles. The van der Waals surface area contributed by atoms with Crippen LogP contribution in [0.3, 0.4) is 0 Å². The molecule has 5 rings (SSSR count). The average Bonchev–Trinajstić information content (AvgIpc) is 3.65. The van der Waals surface area contributed by atoms with Crippen LogP contribution in [0.5, 0.6) is 0 Å². The van der Waals surface area contributed by atoms with E-state index < -0.39 is 0 Å². The average molecular weight is 524 g/mol. The fraction of sp³-hybridized carbons (Fsp3) is 0.700. The molecule has 3 saturated heterocycles. The van der Waals surface area contributed by atoms with E-state index in [0.717, 1.165) is 68.8 Å². The zero-order chi connectivity index (χ0) is 27.3. The van der Waals surface area contributed by atoms with Gasteiger partial charge in [-0.2, -0.15) is 0 Å². The molecule has 3 amide bonds. The van der Waals surface area contributed by atoms with Crippen LogP contribution in [0, 0.1) is 11.8 Å². The lowest BCUT2D eigenvalue weighted by atomic mass is 9.93. The summed E-state index contributed by atoms with van der Waals surface area (Å²) in [6.45, 7) is 18.4. The zero-order valence-electron chi connectivity index (χ0n) is 23.8. The van der Waals surface area contributed by atoms with Crippen molar-refractivity contribution in [3.8, 4) is 0 Å². The molecule has 8 nitrogen and oxygen atoms in total. The molecule has 0 spiro atoms. The first-order chi connectivity index (χ1) is 18.1. The van der Waals surface area contributed by atoms with Crippen LogP contribution >= 0.6 is 0 Å². The van der Waals surface area contributed by atoms with Crippen molar-refractivity contribution >= 4 is 17.7 Å². The summed E-state index contributed by atoms with van der Waals surface area (Å²) < 4.78 is 0. The van der Waals surface area contributed by atoms with E-state index in [1.54, 1.807) is 6.08 Å². The number of nitrogens with one attached hydrogen (secondary N) is 1. The van der Waals surface area contributed by atoms with Gasteiger partial charge in [0.25, 0.3) is 0 Å². The van der Waals surface area contributed by atoms with Gasteiger partial charge in [-0.25, -0.2) is 0 Å². The smallest absolute Gasteiger partial charge is 0.249 e. The Labute approximate surface area is 227 Å². The first kappa shape index (κ1) is 26.8. The topological polar surface area (TPSA) is 76.2 Å². The van der Waals surface area contributed by atoms with Gasteiger partial charge in [-0.3, -0.25) is 14.4 Å². The summed E-state index contributed by atoms with van der Waals surface area (Å²) in [6.07, 6.45) is 7.81. The van der Waals surface area contributed by atoms with Gasteiger partial charge >= 0.3 is 0 Å². The van der Waals surface area contributed by atoms with Gasteiger partial charge in [-0.05, 0) is 43.6 Å². The van der Waals surface area contributed by atoms with Crippen LogP contribution in [0.1, 0.15) is 66.7 Å². The minimum atomic E-state index is -0.0112. The molecule has 5 aliphatic rings. The summed E-state index contributed by atoms with van der Waals surface area (Å²) in [5.41, 5.74) is 3.21. The minimum Gasteiger partial charge on any atom is -0.371 e. The van der Waals surface area contributed by atoms with Crippen LogP contribution in [0.15, 0.2) is 35.7 Å². The first-order valence-electron chi connectivity index (χ1n) is 14.6. The second-order valence-electron chi connectivity index (χ2n) is 12.5. The fourth-order valence-electron chi connectivity index (χ4n) is 7.47. The molecule has 0 aromatic carbocycles. The summed E-state index contributed by atoms with van der Waals surface area (Å²) in [4.78, 5) is 47.2. The predicted molar refractivity (Wildman–Crippen MR) is 148 cm³/mol. The van der Waals surface area contributed by atoms with E-state index >= 15 is 0 Å². The van der Waals surface area contributed by atoms with E-state index in [0.29, 0.717) is 18.3 Å². The van der Waals surface area contributed by atoms with Crippen LogP contribution in [-0.4, -0.2) is 93.7 Å². The van der Waals surface area contributed by atoms with Gasteiger partial charge in [0, 0.05) is 56.1 Å². The molecule has 3 fully saturated rings. The molecule has 0 aromatic heterocycles. The molecule has 5 aliphatic heterocycles. The summed E-state index contributed by atoms with van der Waals surface area (Å²) in [7, 11) is 0. The number of amides is 3. The molecule has 0 aliphatic carbocycles. The monoisotopic (exact) mass is 523 g/mol. The van der Waals surface area contributed by atoms with E-state index in [-0.39, 0.29) is 47.9 Å². The Morgan fingerprint density at radius 2 is 1.61 bits per heavy atom. The number of hydrogen-bond donors (Lipinski definition) is 1. The molecular weight excluding hydrogens is 478 g/mol. The summed E-state index contributed by atoms with van der Waals surface area (Å²) in [5.74, 6) is 1.16. The lowest BCUT2D eigenvalue weighted by Gasteiger charge is -2.36. The molecular formula is C30H45N5O3. The predicted octanol–water partition coefficient (Wildman–Crippen LogP) is 2.88. The minimum absolute atomic E-state index is 0.00424. The maximum atomic E-state index is 13.3.